The Morgan fingerprint density at radius 1 is 1.33 bits per heavy atom. The average Bonchev–Trinajstić information content (AvgIpc) is 2.14. The smallest absolute Gasteiger partial charge is 0.208 e. The highest BCUT2D eigenvalue weighted by molar-refractivity contribution is 14.0. The van der Waals surface area contributed by atoms with Gasteiger partial charge in [0.25, 0.3) is 0 Å². The maximum Gasteiger partial charge on any atom is 0.208 e. The summed E-state index contributed by atoms with van der Waals surface area (Å²) in [6, 6.07) is 0.321. The molecule has 3 N–H and O–H groups in total. The molecule has 0 aliphatic rings. The molecule has 110 valence electrons. The van der Waals surface area contributed by atoms with E-state index in [9.17, 15) is 8.42 Å². The zero-order valence-corrected chi connectivity index (χ0v) is 14.6. The zero-order valence-electron chi connectivity index (χ0n) is 11.5. The zero-order chi connectivity index (χ0) is 13.3. The number of nitrogens with one attached hydrogen (secondary N) is 3. The summed E-state index contributed by atoms with van der Waals surface area (Å²) < 4.78 is 24.0. The lowest BCUT2D eigenvalue weighted by molar-refractivity contribution is 0.585. The summed E-state index contributed by atoms with van der Waals surface area (Å²) in [6.45, 7) is 7.90. The van der Waals surface area contributed by atoms with Crippen molar-refractivity contribution in [1.82, 2.24) is 15.4 Å². The van der Waals surface area contributed by atoms with Crippen LogP contribution in [-0.4, -0.2) is 46.3 Å². The van der Waals surface area contributed by atoms with E-state index in [4.69, 9.17) is 0 Å². The lowest BCUT2D eigenvalue weighted by atomic mass is 10.4. The summed E-state index contributed by atoms with van der Waals surface area (Å²) >= 11 is 0. The highest BCUT2D eigenvalue weighted by Gasteiger charge is 2.00. The number of nitrogens with zero attached hydrogens (tertiary/aromatic N) is 1. The second-order valence-electron chi connectivity index (χ2n) is 4.08. The Hall–Kier alpha value is -0.0900. The summed E-state index contributed by atoms with van der Waals surface area (Å²) in [7, 11) is -3.08. The number of aliphatic imine (C=N–C) groups is 1. The van der Waals surface area contributed by atoms with Crippen molar-refractivity contribution in [3.8, 4) is 0 Å². The molecule has 0 saturated carbocycles. The third-order valence-corrected chi connectivity index (χ3v) is 2.47. The van der Waals surface area contributed by atoms with Gasteiger partial charge in [-0.1, -0.05) is 0 Å². The van der Waals surface area contributed by atoms with Gasteiger partial charge in [-0.3, -0.25) is 4.99 Å². The fourth-order valence-electron chi connectivity index (χ4n) is 1.12. The van der Waals surface area contributed by atoms with E-state index in [1.54, 1.807) is 0 Å². The van der Waals surface area contributed by atoms with Crippen molar-refractivity contribution >= 4 is 40.0 Å². The van der Waals surface area contributed by atoms with Crippen molar-refractivity contribution in [1.29, 1.82) is 0 Å². The van der Waals surface area contributed by atoms with Gasteiger partial charge in [0.05, 0.1) is 6.26 Å². The van der Waals surface area contributed by atoms with E-state index in [1.807, 2.05) is 20.8 Å². The van der Waals surface area contributed by atoms with Crippen LogP contribution in [0.2, 0.25) is 0 Å². The molecule has 0 amide bonds. The van der Waals surface area contributed by atoms with Gasteiger partial charge in [0.15, 0.2) is 5.96 Å². The van der Waals surface area contributed by atoms with Crippen LogP contribution in [0, 0.1) is 0 Å². The van der Waals surface area contributed by atoms with Crippen LogP contribution in [0.1, 0.15) is 27.2 Å². The van der Waals surface area contributed by atoms with Gasteiger partial charge >= 0.3 is 0 Å². The van der Waals surface area contributed by atoms with Gasteiger partial charge in [-0.05, 0) is 27.2 Å². The molecule has 0 radical (unpaired) electrons. The first-order chi connectivity index (χ1) is 7.85. The topological polar surface area (TPSA) is 82.6 Å². The number of rotatable bonds is 7. The van der Waals surface area contributed by atoms with Gasteiger partial charge in [0.1, 0.15) is 0 Å². The monoisotopic (exact) mass is 392 g/mol. The molecule has 0 aromatic carbocycles. The second-order valence-corrected chi connectivity index (χ2v) is 5.91. The maximum atomic E-state index is 10.8. The van der Waals surface area contributed by atoms with Crippen LogP contribution in [0.15, 0.2) is 4.99 Å². The Labute approximate surface area is 127 Å². The molecule has 0 atom stereocenters. The van der Waals surface area contributed by atoms with Crippen LogP contribution < -0.4 is 15.4 Å². The van der Waals surface area contributed by atoms with E-state index >= 15 is 0 Å². The molecular weight excluding hydrogens is 367 g/mol. The van der Waals surface area contributed by atoms with Crippen LogP contribution >= 0.6 is 24.0 Å². The summed E-state index contributed by atoms with van der Waals surface area (Å²) in [5, 5.41) is 6.31. The normalized spacial score (nSPS) is 12.2. The molecule has 0 aliphatic carbocycles. The van der Waals surface area contributed by atoms with Crippen molar-refractivity contribution in [2.24, 2.45) is 4.99 Å². The molecule has 8 heteroatoms. The first kappa shape index (κ1) is 20.2. The first-order valence-corrected chi connectivity index (χ1v) is 7.73. The first-order valence-electron chi connectivity index (χ1n) is 5.84. The van der Waals surface area contributed by atoms with Crippen LogP contribution in [0.4, 0.5) is 0 Å². The van der Waals surface area contributed by atoms with Crippen LogP contribution in [-0.2, 0) is 10.0 Å². The van der Waals surface area contributed by atoms with Crippen molar-refractivity contribution < 1.29 is 8.42 Å². The van der Waals surface area contributed by atoms with Crippen LogP contribution in [0.3, 0.4) is 0 Å². The maximum absolute atomic E-state index is 10.8. The molecule has 0 bridgehead atoms. The Morgan fingerprint density at radius 3 is 2.39 bits per heavy atom. The van der Waals surface area contributed by atoms with Crippen LogP contribution in [0.5, 0.6) is 0 Å². The number of sulfonamides is 1. The summed E-state index contributed by atoms with van der Waals surface area (Å²) in [5.41, 5.74) is 0. The van der Waals surface area contributed by atoms with Gasteiger partial charge in [-0.2, -0.15) is 0 Å². The Balaban J connectivity index is 0. The molecule has 0 heterocycles. The summed E-state index contributed by atoms with van der Waals surface area (Å²) in [5.74, 6) is 0.766. The molecule has 0 rings (SSSR count). The molecule has 6 nitrogen and oxygen atoms in total. The third-order valence-electron chi connectivity index (χ3n) is 1.74. The van der Waals surface area contributed by atoms with Crippen LogP contribution in [0.25, 0.3) is 0 Å². The number of halogens is 1. The lowest BCUT2D eigenvalue weighted by Crippen LogP contribution is -2.41. The van der Waals surface area contributed by atoms with Crippen molar-refractivity contribution in [2.45, 2.75) is 33.2 Å². The van der Waals surface area contributed by atoms with Crippen molar-refractivity contribution in [3.63, 3.8) is 0 Å². The van der Waals surface area contributed by atoms with E-state index in [2.05, 4.69) is 20.3 Å². The minimum absolute atomic E-state index is 0. The summed E-state index contributed by atoms with van der Waals surface area (Å²) in [4.78, 5) is 4.33. The Kier molecular flexibility index (Phi) is 12.1. The van der Waals surface area contributed by atoms with Crippen molar-refractivity contribution in [2.75, 3.05) is 25.9 Å². The third kappa shape index (κ3) is 14.0. The number of hydrogen-bond acceptors (Lipinski definition) is 3. The molecule has 0 saturated heterocycles. The lowest BCUT2D eigenvalue weighted by Gasteiger charge is -2.13. The highest BCUT2D eigenvalue weighted by atomic mass is 127. The van der Waals surface area contributed by atoms with E-state index in [1.165, 1.54) is 0 Å². The Morgan fingerprint density at radius 2 is 1.94 bits per heavy atom. The SMILES string of the molecule is CCNC(=NCCCNS(C)(=O)=O)NC(C)C.I. The summed E-state index contributed by atoms with van der Waals surface area (Å²) in [6.07, 6.45) is 1.84. The molecule has 0 fully saturated rings. The molecule has 0 spiro atoms. The highest BCUT2D eigenvalue weighted by Crippen LogP contribution is 1.84. The second kappa shape index (κ2) is 10.8. The molecule has 0 aromatic rings. The van der Waals surface area contributed by atoms with Crippen molar-refractivity contribution in [3.05, 3.63) is 0 Å². The Bertz CT molecular complexity index is 331. The van der Waals surface area contributed by atoms with E-state index in [0.717, 1.165) is 18.8 Å². The van der Waals surface area contributed by atoms with Gasteiger partial charge in [-0.15, -0.1) is 24.0 Å². The largest absolute Gasteiger partial charge is 0.357 e. The minimum atomic E-state index is -3.08. The predicted octanol–water partition coefficient (Wildman–Crippen LogP) is 0.507. The van der Waals surface area contributed by atoms with E-state index < -0.39 is 10.0 Å². The fraction of sp³-hybridized carbons (Fsp3) is 0.900. The van der Waals surface area contributed by atoms with Gasteiger partial charge < -0.3 is 10.6 Å². The standard InChI is InChI=1S/C10H24N4O2S.HI/c1-5-11-10(14-9(2)3)12-7-6-8-13-17(4,15)16;/h9,13H,5-8H2,1-4H3,(H2,11,12,14);1H. The van der Waals surface area contributed by atoms with Gasteiger partial charge in [0, 0.05) is 25.7 Å². The molecule has 0 unspecified atom stereocenters. The molecule has 0 aliphatic heterocycles. The average molecular weight is 392 g/mol. The van der Waals surface area contributed by atoms with E-state index in [0.29, 0.717) is 25.6 Å². The number of guanidine groups is 1. The quantitative estimate of drug-likeness (QED) is 0.255. The molecule has 0 aromatic heterocycles. The predicted molar refractivity (Wildman–Crippen MR) is 87.1 cm³/mol. The minimum Gasteiger partial charge on any atom is -0.357 e. The fourth-order valence-corrected chi connectivity index (χ4v) is 1.64. The van der Waals surface area contributed by atoms with Gasteiger partial charge in [0.2, 0.25) is 10.0 Å². The van der Waals surface area contributed by atoms with Gasteiger partial charge in [-0.25, -0.2) is 13.1 Å². The molecular formula is C10H25IN4O2S. The molecule has 18 heavy (non-hydrogen) atoms. The number of hydrogen-bond donors (Lipinski definition) is 3. The van der Waals surface area contributed by atoms with E-state index in [-0.39, 0.29) is 24.0 Å².